The van der Waals surface area contributed by atoms with Gasteiger partial charge >= 0.3 is 0 Å². The van der Waals surface area contributed by atoms with Crippen LogP contribution in [0.2, 0.25) is 0 Å². The van der Waals surface area contributed by atoms with Crippen LogP contribution in [0.15, 0.2) is 46.8 Å². The Morgan fingerprint density at radius 3 is 2.35 bits per heavy atom. The Hall–Kier alpha value is -2.02. The molecule has 0 amide bonds. The second kappa shape index (κ2) is 9.62. The summed E-state index contributed by atoms with van der Waals surface area (Å²) in [4.78, 5) is 4.72. The number of likely N-dealkylation sites (N-methyl/N-ethyl adjacent to an activating group) is 1. The Labute approximate surface area is 161 Å². The lowest BCUT2D eigenvalue weighted by Gasteiger charge is -2.32. The molecule has 0 aromatic heterocycles. The molecule has 1 heterocycles. The van der Waals surface area contributed by atoms with E-state index < -0.39 is 0 Å². The van der Waals surface area contributed by atoms with Gasteiger partial charge in [-0.3, -0.25) is 4.90 Å². The SMILES string of the molecule is CC(=N)C(=C(/N)NCCN1CCN(C)CC1)/C(Cl)=C(\N)c1ccccc1. The average Bonchev–Trinajstić information content (AvgIpc) is 2.63. The van der Waals surface area contributed by atoms with Crippen molar-refractivity contribution in [1.82, 2.24) is 15.1 Å². The summed E-state index contributed by atoms with van der Waals surface area (Å²) in [7, 11) is 2.14. The number of nitrogens with one attached hydrogen (secondary N) is 2. The number of halogens is 1. The summed E-state index contributed by atoms with van der Waals surface area (Å²) >= 11 is 6.49. The molecular formula is C19H29ClN6. The van der Waals surface area contributed by atoms with Gasteiger partial charge in [-0.1, -0.05) is 41.9 Å². The van der Waals surface area contributed by atoms with Crippen LogP contribution in [0.3, 0.4) is 0 Å². The van der Waals surface area contributed by atoms with E-state index in [0.717, 1.165) is 38.3 Å². The van der Waals surface area contributed by atoms with Crippen molar-refractivity contribution in [1.29, 1.82) is 5.41 Å². The molecule has 0 radical (unpaired) electrons. The van der Waals surface area contributed by atoms with Gasteiger partial charge in [0.05, 0.1) is 16.3 Å². The monoisotopic (exact) mass is 376 g/mol. The van der Waals surface area contributed by atoms with Crippen molar-refractivity contribution in [3.8, 4) is 0 Å². The second-order valence-corrected chi connectivity index (χ2v) is 6.96. The van der Waals surface area contributed by atoms with E-state index in [1.54, 1.807) is 6.92 Å². The Balaban J connectivity index is 2.07. The van der Waals surface area contributed by atoms with Gasteiger partial charge in [0.15, 0.2) is 0 Å². The number of hydrogen-bond acceptors (Lipinski definition) is 6. The van der Waals surface area contributed by atoms with E-state index in [1.165, 1.54) is 0 Å². The molecule has 7 heteroatoms. The van der Waals surface area contributed by atoms with Crippen LogP contribution in [0.4, 0.5) is 0 Å². The molecule has 1 fully saturated rings. The van der Waals surface area contributed by atoms with Crippen LogP contribution in [0, 0.1) is 5.41 Å². The van der Waals surface area contributed by atoms with E-state index in [9.17, 15) is 0 Å². The van der Waals surface area contributed by atoms with Crippen LogP contribution in [0.25, 0.3) is 5.70 Å². The van der Waals surface area contributed by atoms with Crippen molar-refractivity contribution in [3.63, 3.8) is 0 Å². The predicted molar refractivity (Wildman–Crippen MR) is 110 cm³/mol. The lowest BCUT2D eigenvalue weighted by molar-refractivity contribution is 0.155. The Bertz CT molecular complexity index is 675. The van der Waals surface area contributed by atoms with Crippen molar-refractivity contribution in [2.45, 2.75) is 6.92 Å². The second-order valence-electron chi connectivity index (χ2n) is 6.58. The Kier molecular flexibility index (Phi) is 7.50. The van der Waals surface area contributed by atoms with Gasteiger partial charge in [-0.2, -0.15) is 0 Å². The number of rotatable bonds is 7. The Morgan fingerprint density at radius 2 is 1.77 bits per heavy atom. The topological polar surface area (TPSA) is 94.4 Å². The quantitative estimate of drug-likeness (QED) is 0.428. The van der Waals surface area contributed by atoms with E-state index >= 15 is 0 Å². The van der Waals surface area contributed by atoms with Crippen LogP contribution in [-0.4, -0.2) is 61.8 Å². The zero-order valence-corrected chi connectivity index (χ0v) is 16.3. The van der Waals surface area contributed by atoms with Crippen molar-refractivity contribution < 1.29 is 0 Å². The highest BCUT2D eigenvalue weighted by atomic mass is 35.5. The fourth-order valence-electron chi connectivity index (χ4n) is 2.87. The molecule has 0 unspecified atom stereocenters. The minimum absolute atomic E-state index is 0.276. The fraction of sp³-hybridized carbons (Fsp3) is 0.421. The van der Waals surface area contributed by atoms with Gasteiger partial charge in [0.2, 0.25) is 0 Å². The number of allylic oxidation sites excluding steroid dienone is 2. The molecule has 0 spiro atoms. The summed E-state index contributed by atoms with van der Waals surface area (Å²) in [5, 5.41) is 11.6. The van der Waals surface area contributed by atoms with Gasteiger partial charge in [-0.05, 0) is 19.5 Å². The molecule has 1 saturated heterocycles. The first kappa shape index (κ1) is 20.3. The highest BCUT2D eigenvalue weighted by molar-refractivity contribution is 6.38. The van der Waals surface area contributed by atoms with Crippen molar-refractivity contribution in [2.75, 3.05) is 46.3 Å². The summed E-state index contributed by atoms with van der Waals surface area (Å²) in [5.74, 6) is 0.385. The molecule has 0 atom stereocenters. The summed E-state index contributed by atoms with van der Waals surface area (Å²) in [5.41, 5.74) is 14.3. The van der Waals surface area contributed by atoms with Gasteiger partial charge in [0, 0.05) is 45.0 Å². The summed E-state index contributed by atoms with van der Waals surface area (Å²) in [6.07, 6.45) is 0. The molecule has 1 aliphatic heterocycles. The molecular weight excluding hydrogens is 348 g/mol. The van der Waals surface area contributed by atoms with Gasteiger partial charge in [0.25, 0.3) is 0 Å². The third-order valence-electron chi connectivity index (χ3n) is 4.52. The number of hydrogen-bond donors (Lipinski definition) is 4. The molecule has 142 valence electrons. The molecule has 0 saturated carbocycles. The van der Waals surface area contributed by atoms with E-state index in [1.807, 2.05) is 30.3 Å². The van der Waals surface area contributed by atoms with Crippen LogP contribution >= 0.6 is 11.6 Å². The highest BCUT2D eigenvalue weighted by Gasteiger charge is 2.16. The largest absolute Gasteiger partial charge is 0.397 e. The first-order chi connectivity index (χ1) is 12.4. The Morgan fingerprint density at radius 1 is 1.15 bits per heavy atom. The van der Waals surface area contributed by atoms with Gasteiger partial charge in [-0.15, -0.1) is 0 Å². The van der Waals surface area contributed by atoms with E-state index in [-0.39, 0.29) is 5.71 Å². The smallest absolute Gasteiger partial charge is 0.107 e. The van der Waals surface area contributed by atoms with Gasteiger partial charge < -0.3 is 27.1 Å². The van der Waals surface area contributed by atoms with Crippen molar-refractivity contribution in [2.24, 2.45) is 11.5 Å². The third kappa shape index (κ3) is 5.49. The lowest BCUT2D eigenvalue weighted by Crippen LogP contribution is -2.46. The third-order valence-corrected chi connectivity index (χ3v) is 4.92. The minimum Gasteiger partial charge on any atom is -0.397 e. The van der Waals surface area contributed by atoms with Crippen LogP contribution < -0.4 is 16.8 Å². The van der Waals surface area contributed by atoms with Crippen molar-refractivity contribution >= 4 is 23.0 Å². The van der Waals surface area contributed by atoms with E-state index in [2.05, 4.69) is 22.2 Å². The van der Waals surface area contributed by atoms with Crippen LogP contribution in [-0.2, 0) is 0 Å². The summed E-state index contributed by atoms with van der Waals surface area (Å²) < 4.78 is 0. The van der Waals surface area contributed by atoms with Crippen molar-refractivity contribution in [3.05, 3.63) is 52.3 Å². The van der Waals surface area contributed by atoms with Crippen LogP contribution in [0.1, 0.15) is 12.5 Å². The minimum atomic E-state index is 0.276. The lowest BCUT2D eigenvalue weighted by atomic mass is 10.1. The molecule has 6 nitrogen and oxygen atoms in total. The zero-order valence-electron chi connectivity index (χ0n) is 15.6. The first-order valence-corrected chi connectivity index (χ1v) is 9.19. The standard InChI is InChI=1S/C19H29ClN6/c1-14(21)16(17(20)18(22)15-6-4-3-5-7-15)19(23)24-8-9-26-12-10-25(2)11-13-26/h3-7,21,24H,8-13,22-23H2,1-2H3/b18-17+,19-16+,21-14?. The maximum absolute atomic E-state index is 8.05. The van der Waals surface area contributed by atoms with E-state index in [4.69, 9.17) is 28.5 Å². The first-order valence-electron chi connectivity index (χ1n) is 8.81. The molecule has 0 bridgehead atoms. The molecule has 1 aliphatic rings. The molecule has 0 aliphatic carbocycles. The zero-order chi connectivity index (χ0) is 19.1. The normalized spacial score (nSPS) is 18.1. The number of piperazine rings is 1. The maximum atomic E-state index is 8.05. The number of nitrogens with two attached hydrogens (primary N) is 2. The molecule has 1 aromatic rings. The molecule has 2 rings (SSSR count). The predicted octanol–water partition coefficient (Wildman–Crippen LogP) is 1.60. The molecule has 26 heavy (non-hydrogen) atoms. The average molecular weight is 377 g/mol. The molecule has 6 N–H and O–H groups in total. The maximum Gasteiger partial charge on any atom is 0.107 e. The highest BCUT2D eigenvalue weighted by Crippen LogP contribution is 2.25. The summed E-state index contributed by atoms with van der Waals surface area (Å²) in [6, 6.07) is 9.46. The number of benzene rings is 1. The van der Waals surface area contributed by atoms with E-state index in [0.29, 0.717) is 28.7 Å². The van der Waals surface area contributed by atoms with Crippen LogP contribution in [0.5, 0.6) is 0 Å². The molecule has 1 aromatic carbocycles. The fourth-order valence-corrected chi connectivity index (χ4v) is 3.23. The summed E-state index contributed by atoms with van der Waals surface area (Å²) in [6.45, 7) is 7.53. The van der Waals surface area contributed by atoms with Gasteiger partial charge in [0.1, 0.15) is 5.82 Å². The number of nitrogens with zero attached hydrogens (tertiary/aromatic N) is 2. The van der Waals surface area contributed by atoms with Gasteiger partial charge in [-0.25, -0.2) is 0 Å².